The lowest BCUT2D eigenvalue weighted by Gasteiger charge is -2.35. The van der Waals surface area contributed by atoms with Crippen LogP contribution in [-0.4, -0.2) is 13.0 Å². The highest BCUT2D eigenvalue weighted by atomic mass is 16.5. The number of carbonyl (C=O) groups is 1. The minimum Gasteiger partial charge on any atom is -0.496 e. The van der Waals surface area contributed by atoms with Crippen LogP contribution in [0.3, 0.4) is 0 Å². The zero-order chi connectivity index (χ0) is 17.9. The molecule has 0 aliphatic heterocycles. The van der Waals surface area contributed by atoms with Crippen molar-refractivity contribution in [1.29, 1.82) is 0 Å². The molecule has 3 nitrogen and oxygen atoms in total. The molecule has 25 heavy (non-hydrogen) atoms. The molecule has 1 unspecified atom stereocenters. The third-order valence-electron chi connectivity index (χ3n) is 5.45. The van der Waals surface area contributed by atoms with Crippen LogP contribution in [-0.2, 0) is 0 Å². The number of amides is 1. The van der Waals surface area contributed by atoms with E-state index in [1.165, 1.54) is 18.4 Å². The van der Waals surface area contributed by atoms with Crippen molar-refractivity contribution in [2.45, 2.75) is 45.6 Å². The fraction of sp³-hybridized carbons (Fsp3) is 0.409. The van der Waals surface area contributed by atoms with Crippen LogP contribution in [0.1, 0.15) is 60.1 Å². The maximum absolute atomic E-state index is 13.0. The molecule has 1 atom stereocenters. The molecule has 1 fully saturated rings. The number of rotatable bonds is 5. The lowest BCUT2D eigenvalue weighted by atomic mass is 9.77. The lowest BCUT2D eigenvalue weighted by molar-refractivity contribution is 0.0884. The van der Waals surface area contributed by atoms with Crippen LogP contribution in [0.4, 0.5) is 0 Å². The Kier molecular flexibility index (Phi) is 5.12. The zero-order valence-electron chi connectivity index (χ0n) is 15.3. The van der Waals surface area contributed by atoms with Gasteiger partial charge in [0.05, 0.1) is 18.7 Å². The molecule has 1 saturated carbocycles. The van der Waals surface area contributed by atoms with Crippen LogP contribution >= 0.6 is 0 Å². The molecule has 132 valence electrons. The van der Waals surface area contributed by atoms with Crippen LogP contribution in [0.15, 0.2) is 48.5 Å². The molecule has 2 aromatic carbocycles. The number of hydrogen-bond acceptors (Lipinski definition) is 2. The van der Waals surface area contributed by atoms with Crippen LogP contribution in [0, 0.1) is 12.3 Å². The van der Waals surface area contributed by atoms with Gasteiger partial charge in [-0.2, -0.15) is 0 Å². The van der Waals surface area contributed by atoms with Gasteiger partial charge in [-0.05, 0) is 48.4 Å². The van der Waals surface area contributed by atoms with Crippen molar-refractivity contribution in [3.05, 3.63) is 65.2 Å². The molecule has 0 bridgehead atoms. The van der Waals surface area contributed by atoms with E-state index in [4.69, 9.17) is 4.74 Å². The maximum atomic E-state index is 13.0. The van der Waals surface area contributed by atoms with Crippen molar-refractivity contribution in [2.75, 3.05) is 7.11 Å². The monoisotopic (exact) mass is 337 g/mol. The van der Waals surface area contributed by atoms with Gasteiger partial charge < -0.3 is 10.1 Å². The summed E-state index contributed by atoms with van der Waals surface area (Å²) in [5.41, 5.74) is 2.94. The molecule has 0 saturated heterocycles. The van der Waals surface area contributed by atoms with Gasteiger partial charge in [0, 0.05) is 0 Å². The molecule has 1 aliphatic rings. The van der Waals surface area contributed by atoms with Gasteiger partial charge in [0.15, 0.2) is 0 Å². The van der Waals surface area contributed by atoms with Gasteiger partial charge in [0.2, 0.25) is 0 Å². The number of hydrogen-bond donors (Lipinski definition) is 1. The van der Waals surface area contributed by atoms with Gasteiger partial charge >= 0.3 is 0 Å². The van der Waals surface area contributed by atoms with Crippen molar-refractivity contribution in [3.8, 4) is 5.75 Å². The Morgan fingerprint density at radius 2 is 1.80 bits per heavy atom. The van der Waals surface area contributed by atoms with Crippen molar-refractivity contribution in [2.24, 2.45) is 5.41 Å². The Balaban J connectivity index is 1.92. The van der Waals surface area contributed by atoms with Crippen LogP contribution in [0.2, 0.25) is 0 Å². The van der Waals surface area contributed by atoms with E-state index in [0.717, 1.165) is 18.4 Å². The summed E-state index contributed by atoms with van der Waals surface area (Å²) in [5, 5.41) is 3.31. The number of aryl methyl sites for hydroxylation is 1. The highest BCUT2D eigenvalue weighted by molar-refractivity contribution is 5.97. The highest BCUT2D eigenvalue weighted by Crippen LogP contribution is 2.47. The summed E-state index contributed by atoms with van der Waals surface area (Å²) in [6.07, 6.45) is 4.73. The van der Waals surface area contributed by atoms with Gasteiger partial charge in [-0.1, -0.05) is 56.2 Å². The van der Waals surface area contributed by atoms with Gasteiger partial charge in [-0.25, -0.2) is 0 Å². The maximum Gasteiger partial charge on any atom is 0.255 e. The van der Waals surface area contributed by atoms with Gasteiger partial charge in [0.25, 0.3) is 5.91 Å². The van der Waals surface area contributed by atoms with E-state index in [9.17, 15) is 4.79 Å². The normalized spacial score (nSPS) is 17.1. The minimum absolute atomic E-state index is 0.00899. The van der Waals surface area contributed by atoms with Gasteiger partial charge in [-0.3, -0.25) is 4.79 Å². The molecular weight excluding hydrogens is 310 g/mol. The van der Waals surface area contributed by atoms with Crippen molar-refractivity contribution >= 4 is 5.91 Å². The molecule has 0 heterocycles. The first-order chi connectivity index (χ1) is 12.0. The van der Waals surface area contributed by atoms with Gasteiger partial charge in [-0.15, -0.1) is 0 Å². The predicted molar refractivity (Wildman–Crippen MR) is 101 cm³/mol. The number of ether oxygens (including phenoxy) is 1. The van der Waals surface area contributed by atoms with Crippen molar-refractivity contribution < 1.29 is 9.53 Å². The number of carbonyl (C=O) groups excluding carboxylic acids is 1. The average Bonchev–Trinajstić information content (AvgIpc) is 3.07. The minimum atomic E-state index is -0.0705. The highest BCUT2D eigenvalue weighted by Gasteiger charge is 2.39. The number of nitrogens with one attached hydrogen (secondary N) is 1. The Morgan fingerprint density at radius 3 is 2.44 bits per heavy atom. The molecule has 1 N–H and O–H groups in total. The molecular formula is C22H27NO2. The van der Waals surface area contributed by atoms with Crippen LogP contribution in [0.5, 0.6) is 5.75 Å². The van der Waals surface area contributed by atoms with E-state index in [0.29, 0.717) is 11.3 Å². The van der Waals surface area contributed by atoms with E-state index in [1.54, 1.807) is 7.11 Å². The second-order valence-corrected chi connectivity index (χ2v) is 7.38. The largest absolute Gasteiger partial charge is 0.496 e. The smallest absolute Gasteiger partial charge is 0.255 e. The molecule has 0 spiro atoms. The van der Waals surface area contributed by atoms with Crippen LogP contribution in [0.25, 0.3) is 0 Å². The summed E-state index contributed by atoms with van der Waals surface area (Å²) in [7, 11) is 1.61. The van der Waals surface area contributed by atoms with Crippen molar-refractivity contribution in [1.82, 2.24) is 5.32 Å². The Morgan fingerprint density at radius 1 is 1.12 bits per heavy atom. The zero-order valence-corrected chi connectivity index (χ0v) is 15.3. The Hall–Kier alpha value is -2.29. The molecule has 1 aliphatic carbocycles. The van der Waals surface area contributed by atoms with E-state index in [2.05, 4.69) is 24.4 Å². The first-order valence-corrected chi connectivity index (χ1v) is 9.04. The lowest BCUT2D eigenvalue weighted by Crippen LogP contribution is -2.38. The summed E-state index contributed by atoms with van der Waals surface area (Å²) in [6.45, 7) is 4.29. The van der Waals surface area contributed by atoms with E-state index in [1.807, 2.05) is 43.3 Å². The number of methoxy groups -OCH3 is 1. The summed E-state index contributed by atoms with van der Waals surface area (Å²) in [6, 6.07) is 16.0. The third kappa shape index (κ3) is 3.71. The first kappa shape index (κ1) is 17.5. The molecule has 3 rings (SSSR count). The average molecular weight is 337 g/mol. The van der Waals surface area contributed by atoms with E-state index in [-0.39, 0.29) is 17.4 Å². The summed E-state index contributed by atoms with van der Waals surface area (Å²) in [5.74, 6) is 0.555. The topological polar surface area (TPSA) is 38.3 Å². The van der Waals surface area contributed by atoms with E-state index < -0.39 is 0 Å². The molecule has 1 amide bonds. The first-order valence-electron chi connectivity index (χ1n) is 9.04. The van der Waals surface area contributed by atoms with Gasteiger partial charge in [0.1, 0.15) is 5.75 Å². The summed E-state index contributed by atoms with van der Waals surface area (Å²) in [4.78, 5) is 13.0. The fourth-order valence-corrected chi connectivity index (χ4v) is 3.97. The fourth-order valence-electron chi connectivity index (χ4n) is 3.97. The number of benzene rings is 2. The molecule has 3 heteroatoms. The predicted octanol–water partition coefficient (Wildman–Crippen LogP) is 5.06. The SMILES string of the molecule is COc1cc(C)ccc1C(=O)NC(c1ccccc1)C1(C)CCCC1. The van der Waals surface area contributed by atoms with E-state index >= 15 is 0 Å². The Bertz CT molecular complexity index is 733. The molecule has 2 aromatic rings. The quantitative estimate of drug-likeness (QED) is 0.828. The summed E-state index contributed by atoms with van der Waals surface area (Å²) >= 11 is 0. The Labute approximate surface area is 150 Å². The standard InChI is InChI=1S/C22H27NO2/c1-16-11-12-18(19(15-16)25-3)21(24)23-20(17-9-5-4-6-10-17)22(2)13-7-8-14-22/h4-6,9-12,15,20H,7-8,13-14H2,1-3H3,(H,23,24). The second kappa shape index (κ2) is 7.30. The van der Waals surface area contributed by atoms with Crippen molar-refractivity contribution in [3.63, 3.8) is 0 Å². The summed E-state index contributed by atoms with van der Waals surface area (Å²) < 4.78 is 5.42. The second-order valence-electron chi connectivity index (χ2n) is 7.38. The van der Waals surface area contributed by atoms with Crippen LogP contribution < -0.4 is 10.1 Å². The molecule has 0 aromatic heterocycles. The third-order valence-corrected chi connectivity index (χ3v) is 5.45. The molecule has 0 radical (unpaired) electrons.